The lowest BCUT2D eigenvalue weighted by molar-refractivity contribution is 0.213. The van der Waals surface area contributed by atoms with Crippen molar-refractivity contribution in [2.45, 2.75) is 0 Å². The van der Waals surface area contributed by atoms with Crippen LogP contribution in [0.25, 0.3) is 0 Å². The summed E-state index contributed by atoms with van der Waals surface area (Å²) in [5.74, 6) is 0.0579. The molecular weight excluding hydrogens is 275 g/mol. The monoisotopic (exact) mass is 289 g/mol. The highest BCUT2D eigenvalue weighted by Gasteiger charge is 2.18. The van der Waals surface area contributed by atoms with Crippen molar-refractivity contribution in [3.63, 3.8) is 0 Å². The summed E-state index contributed by atoms with van der Waals surface area (Å²) in [6.07, 6.45) is 0. The molecule has 0 heterocycles. The van der Waals surface area contributed by atoms with Crippen LogP contribution < -0.4 is 14.2 Å². The van der Waals surface area contributed by atoms with Crippen molar-refractivity contribution in [2.75, 3.05) is 39.8 Å². The van der Waals surface area contributed by atoms with Crippen LogP contribution in [-0.4, -0.2) is 39.8 Å². The molecule has 0 unspecified atom stereocenters. The third kappa shape index (κ3) is 4.23. The average Bonchev–Trinajstić information content (AvgIpc) is 2.48. The Hall–Kier alpha value is -2.10. The Morgan fingerprint density at radius 3 is 1.95 bits per heavy atom. The average molecular weight is 289 g/mol. The van der Waals surface area contributed by atoms with Gasteiger partial charge in [0.2, 0.25) is 5.75 Å². The van der Waals surface area contributed by atoms with Crippen LogP contribution in [0.5, 0.6) is 17.2 Å². The maximum Gasteiger partial charge on any atom is 0.205 e. The van der Waals surface area contributed by atoms with E-state index in [0.29, 0.717) is 0 Å². The molecule has 0 atom stereocenters. The summed E-state index contributed by atoms with van der Waals surface area (Å²) in [7, 11) is 0. The Morgan fingerprint density at radius 2 is 1.40 bits per heavy atom. The van der Waals surface area contributed by atoms with Gasteiger partial charge in [-0.25, -0.2) is 13.2 Å². The Balaban J connectivity index is 3.13. The van der Waals surface area contributed by atoms with E-state index >= 15 is 0 Å². The first-order chi connectivity index (χ1) is 9.78. The fraction of sp³-hybridized carbons (Fsp3) is 0.462. The molecule has 1 aromatic carbocycles. The van der Waals surface area contributed by atoms with Gasteiger partial charge in [0.15, 0.2) is 11.5 Å². The second-order valence-electron chi connectivity index (χ2n) is 3.49. The smallest absolute Gasteiger partial charge is 0.205 e. The summed E-state index contributed by atoms with van der Waals surface area (Å²) in [6, 6.07) is 4.63. The van der Waals surface area contributed by atoms with E-state index in [1.165, 1.54) is 12.1 Å². The van der Waals surface area contributed by atoms with Crippen molar-refractivity contribution in [3.05, 3.63) is 17.7 Å². The molecule has 1 rings (SSSR count). The predicted molar refractivity (Wildman–Crippen MR) is 65.6 cm³/mol. The molecule has 20 heavy (non-hydrogen) atoms. The van der Waals surface area contributed by atoms with E-state index in [4.69, 9.17) is 19.5 Å². The third-order valence-corrected chi connectivity index (χ3v) is 2.18. The van der Waals surface area contributed by atoms with Gasteiger partial charge in [-0.2, -0.15) is 5.26 Å². The summed E-state index contributed by atoms with van der Waals surface area (Å²) in [6.45, 7) is -3.03. The van der Waals surface area contributed by atoms with E-state index in [1.807, 2.05) is 6.07 Å². The summed E-state index contributed by atoms with van der Waals surface area (Å²) in [5, 5.41) is 8.98. The van der Waals surface area contributed by atoms with Crippen LogP contribution in [-0.2, 0) is 0 Å². The molecule has 0 radical (unpaired) electrons. The van der Waals surface area contributed by atoms with Crippen LogP contribution in [0.2, 0.25) is 0 Å². The zero-order valence-electron chi connectivity index (χ0n) is 10.7. The lowest BCUT2D eigenvalue weighted by Crippen LogP contribution is -2.08. The number of hydrogen-bond donors (Lipinski definition) is 0. The molecule has 7 heteroatoms. The van der Waals surface area contributed by atoms with Gasteiger partial charge in [-0.1, -0.05) is 0 Å². The molecule has 0 aliphatic rings. The van der Waals surface area contributed by atoms with Gasteiger partial charge in [0.05, 0.1) is 5.56 Å². The van der Waals surface area contributed by atoms with Gasteiger partial charge in [0.1, 0.15) is 45.9 Å². The summed E-state index contributed by atoms with van der Waals surface area (Å²) in [5.41, 5.74) is 0.0971. The second kappa shape index (κ2) is 8.91. The lowest BCUT2D eigenvalue weighted by Gasteiger charge is -2.16. The van der Waals surface area contributed by atoms with Crippen LogP contribution in [0, 0.1) is 11.3 Å². The van der Waals surface area contributed by atoms with E-state index < -0.39 is 20.0 Å². The standard InChI is InChI=1S/C13H14F3NO3/c14-3-6-18-11-2-1-10(9-17)12(19-7-4-15)13(11)20-8-5-16/h1-2H,3-8H2. The first-order valence-electron chi connectivity index (χ1n) is 5.91. The molecule has 1 aromatic rings. The van der Waals surface area contributed by atoms with Crippen LogP contribution in [0.3, 0.4) is 0 Å². The molecule has 0 saturated carbocycles. The number of halogens is 3. The highest BCUT2D eigenvalue weighted by Crippen LogP contribution is 2.40. The molecule has 0 aromatic heterocycles. The van der Waals surface area contributed by atoms with Gasteiger partial charge in [-0.05, 0) is 12.1 Å². The minimum Gasteiger partial charge on any atom is -0.487 e. The van der Waals surface area contributed by atoms with Gasteiger partial charge >= 0.3 is 0 Å². The van der Waals surface area contributed by atoms with Crippen LogP contribution in [0.1, 0.15) is 5.56 Å². The van der Waals surface area contributed by atoms with E-state index in [0.717, 1.165) is 0 Å². The van der Waals surface area contributed by atoms with Gasteiger partial charge in [0, 0.05) is 0 Å². The molecule has 0 N–H and O–H groups in total. The lowest BCUT2D eigenvalue weighted by atomic mass is 10.2. The van der Waals surface area contributed by atoms with Gasteiger partial charge < -0.3 is 14.2 Å². The fourth-order valence-corrected chi connectivity index (χ4v) is 1.46. The van der Waals surface area contributed by atoms with Crippen molar-refractivity contribution < 1.29 is 27.4 Å². The van der Waals surface area contributed by atoms with Crippen molar-refractivity contribution >= 4 is 0 Å². The molecule has 0 aliphatic heterocycles. The Labute approximate surface area is 114 Å². The van der Waals surface area contributed by atoms with Crippen molar-refractivity contribution in [3.8, 4) is 23.3 Å². The van der Waals surface area contributed by atoms with Gasteiger partial charge in [-0.3, -0.25) is 0 Å². The third-order valence-electron chi connectivity index (χ3n) is 2.18. The fourth-order valence-electron chi connectivity index (χ4n) is 1.46. The van der Waals surface area contributed by atoms with Crippen molar-refractivity contribution in [1.29, 1.82) is 5.26 Å². The summed E-state index contributed by atoms with van der Waals surface area (Å²) < 4.78 is 51.9. The molecule has 0 amide bonds. The second-order valence-corrected chi connectivity index (χ2v) is 3.49. The Morgan fingerprint density at radius 1 is 0.850 bits per heavy atom. The summed E-state index contributed by atoms with van der Waals surface area (Å²) >= 11 is 0. The van der Waals surface area contributed by atoms with E-state index in [2.05, 4.69) is 0 Å². The molecule has 0 spiro atoms. The number of nitrogens with zero attached hydrogens (tertiary/aromatic N) is 1. The highest BCUT2D eigenvalue weighted by molar-refractivity contribution is 5.59. The predicted octanol–water partition coefficient (Wildman–Crippen LogP) is 2.60. The zero-order chi connectivity index (χ0) is 14.8. The Kier molecular flexibility index (Phi) is 7.11. The highest BCUT2D eigenvalue weighted by atomic mass is 19.1. The minimum absolute atomic E-state index is 0.0244. The van der Waals surface area contributed by atoms with Crippen LogP contribution >= 0.6 is 0 Å². The van der Waals surface area contributed by atoms with E-state index in [9.17, 15) is 13.2 Å². The largest absolute Gasteiger partial charge is 0.487 e. The Bertz CT molecular complexity index is 463. The SMILES string of the molecule is N#Cc1ccc(OCCF)c(OCCF)c1OCCF. The van der Waals surface area contributed by atoms with Gasteiger partial charge in [0.25, 0.3) is 0 Å². The topological polar surface area (TPSA) is 51.5 Å². The summed E-state index contributed by atoms with van der Waals surface area (Å²) in [4.78, 5) is 0. The molecule has 0 aliphatic carbocycles. The van der Waals surface area contributed by atoms with Crippen LogP contribution in [0.15, 0.2) is 12.1 Å². The van der Waals surface area contributed by atoms with Gasteiger partial charge in [-0.15, -0.1) is 0 Å². The minimum atomic E-state index is -0.762. The maximum atomic E-state index is 12.2. The quantitative estimate of drug-likeness (QED) is 0.701. The molecule has 4 nitrogen and oxygen atoms in total. The first kappa shape index (κ1) is 16.0. The number of rotatable bonds is 9. The molecule has 0 saturated heterocycles. The maximum absolute atomic E-state index is 12.2. The molecule has 0 bridgehead atoms. The first-order valence-corrected chi connectivity index (χ1v) is 5.91. The van der Waals surface area contributed by atoms with E-state index in [-0.39, 0.29) is 42.6 Å². The molecule has 110 valence electrons. The number of hydrogen-bond acceptors (Lipinski definition) is 4. The number of nitriles is 1. The normalized spacial score (nSPS) is 9.90. The number of ether oxygens (including phenoxy) is 3. The van der Waals surface area contributed by atoms with Crippen molar-refractivity contribution in [2.24, 2.45) is 0 Å². The zero-order valence-corrected chi connectivity index (χ0v) is 10.7. The molecule has 0 fully saturated rings. The van der Waals surface area contributed by atoms with Crippen molar-refractivity contribution in [1.82, 2.24) is 0 Å². The van der Waals surface area contributed by atoms with Crippen LogP contribution in [0.4, 0.5) is 13.2 Å². The van der Waals surface area contributed by atoms with E-state index in [1.54, 1.807) is 0 Å². The molecular formula is C13H14F3NO3. The number of benzene rings is 1. The number of alkyl halides is 3.